The number of likely N-dealkylation sites (N-methyl/N-ethyl adjacent to an activating group) is 1. The van der Waals surface area contributed by atoms with Crippen molar-refractivity contribution in [2.45, 2.75) is 19.0 Å². The molecular formula is C21H25N3O4. The predicted octanol–water partition coefficient (Wildman–Crippen LogP) is 2.41. The predicted molar refractivity (Wildman–Crippen MR) is 108 cm³/mol. The number of oxazole rings is 1. The highest BCUT2D eigenvalue weighted by molar-refractivity contribution is 5.76. The van der Waals surface area contributed by atoms with Gasteiger partial charge in [0.1, 0.15) is 5.75 Å². The summed E-state index contributed by atoms with van der Waals surface area (Å²) in [6.07, 6.45) is 0.196. The van der Waals surface area contributed by atoms with E-state index in [1.165, 1.54) is 4.57 Å². The number of fused-ring (bicyclic) bond motifs is 1. The maximum atomic E-state index is 12.4. The van der Waals surface area contributed by atoms with Crippen LogP contribution in [0.15, 0.2) is 57.7 Å². The molecule has 0 bridgehead atoms. The number of carbonyl (C=O) groups is 1. The van der Waals surface area contributed by atoms with Gasteiger partial charge in [0.15, 0.2) is 5.58 Å². The van der Waals surface area contributed by atoms with E-state index in [0.29, 0.717) is 17.6 Å². The number of carbonyl (C=O) groups excluding carboxylic acids is 1. The van der Waals surface area contributed by atoms with Gasteiger partial charge in [-0.3, -0.25) is 9.36 Å². The summed E-state index contributed by atoms with van der Waals surface area (Å²) in [4.78, 5) is 26.4. The van der Waals surface area contributed by atoms with E-state index < -0.39 is 5.76 Å². The van der Waals surface area contributed by atoms with E-state index in [4.69, 9.17) is 9.15 Å². The van der Waals surface area contributed by atoms with Gasteiger partial charge in [-0.2, -0.15) is 0 Å². The van der Waals surface area contributed by atoms with Gasteiger partial charge in [-0.1, -0.05) is 24.3 Å². The van der Waals surface area contributed by atoms with Crippen LogP contribution in [-0.2, 0) is 11.3 Å². The summed E-state index contributed by atoms with van der Waals surface area (Å²) >= 11 is 0. The lowest BCUT2D eigenvalue weighted by Gasteiger charge is -2.25. The van der Waals surface area contributed by atoms with Crippen LogP contribution in [0.25, 0.3) is 11.1 Å². The standard InChI is InChI=1S/C21H25N3O4/c1-23(2)18(15-7-6-8-16(13-15)27-3)14-22-20(25)11-12-24-17-9-4-5-10-19(17)28-21(24)26/h4-10,13,18H,11-12,14H2,1-3H3,(H,22,25)/t18-/m1/s1. The topological polar surface area (TPSA) is 76.7 Å². The summed E-state index contributed by atoms with van der Waals surface area (Å²) in [5.41, 5.74) is 2.28. The van der Waals surface area contributed by atoms with Crippen LogP contribution in [0.3, 0.4) is 0 Å². The minimum absolute atomic E-state index is 0.0107. The van der Waals surface area contributed by atoms with Crippen molar-refractivity contribution in [1.82, 2.24) is 14.8 Å². The van der Waals surface area contributed by atoms with E-state index in [0.717, 1.165) is 11.3 Å². The zero-order chi connectivity index (χ0) is 20.1. The molecule has 0 aliphatic carbocycles. The number of para-hydroxylation sites is 2. The monoisotopic (exact) mass is 383 g/mol. The summed E-state index contributed by atoms with van der Waals surface area (Å²) in [6, 6.07) is 15.0. The second-order valence-electron chi connectivity index (χ2n) is 6.80. The molecule has 0 aliphatic rings. The van der Waals surface area contributed by atoms with Crippen molar-refractivity contribution >= 4 is 17.0 Å². The van der Waals surface area contributed by atoms with Crippen molar-refractivity contribution in [3.8, 4) is 5.75 Å². The zero-order valence-corrected chi connectivity index (χ0v) is 16.3. The Labute approximate surface area is 163 Å². The van der Waals surface area contributed by atoms with Gasteiger partial charge in [-0.25, -0.2) is 4.79 Å². The van der Waals surface area contributed by atoms with Gasteiger partial charge in [0.25, 0.3) is 0 Å². The highest BCUT2D eigenvalue weighted by Gasteiger charge is 2.16. The van der Waals surface area contributed by atoms with Crippen LogP contribution < -0.4 is 15.8 Å². The lowest BCUT2D eigenvalue weighted by Crippen LogP contribution is -2.35. The molecule has 0 saturated heterocycles. The van der Waals surface area contributed by atoms with Gasteiger partial charge in [0.05, 0.1) is 18.7 Å². The first-order chi connectivity index (χ1) is 13.5. The van der Waals surface area contributed by atoms with Crippen LogP contribution in [0.2, 0.25) is 0 Å². The number of benzene rings is 2. The molecule has 0 radical (unpaired) electrons. The van der Waals surface area contributed by atoms with E-state index in [-0.39, 0.29) is 24.9 Å². The first-order valence-corrected chi connectivity index (χ1v) is 9.15. The van der Waals surface area contributed by atoms with E-state index >= 15 is 0 Å². The number of aryl methyl sites for hydroxylation is 1. The fourth-order valence-electron chi connectivity index (χ4n) is 3.19. The summed E-state index contributed by atoms with van der Waals surface area (Å²) in [6.45, 7) is 0.730. The number of hydrogen-bond donors (Lipinski definition) is 1. The molecule has 0 saturated carbocycles. The van der Waals surface area contributed by atoms with Gasteiger partial charge < -0.3 is 19.4 Å². The fraction of sp³-hybridized carbons (Fsp3) is 0.333. The quantitative estimate of drug-likeness (QED) is 0.646. The largest absolute Gasteiger partial charge is 0.497 e. The van der Waals surface area contributed by atoms with Crippen molar-refractivity contribution in [1.29, 1.82) is 0 Å². The molecule has 2 aromatic carbocycles. The molecular weight excluding hydrogens is 358 g/mol. The van der Waals surface area contributed by atoms with Gasteiger partial charge in [0, 0.05) is 19.5 Å². The molecule has 7 heteroatoms. The number of nitrogens with one attached hydrogen (secondary N) is 1. The van der Waals surface area contributed by atoms with Gasteiger partial charge in [0.2, 0.25) is 5.91 Å². The number of aromatic nitrogens is 1. The Morgan fingerprint density at radius 2 is 2.00 bits per heavy atom. The molecule has 7 nitrogen and oxygen atoms in total. The van der Waals surface area contributed by atoms with E-state index in [2.05, 4.69) is 5.32 Å². The summed E-state index contributed by atoms with van der Waals surface area (Å²) in [5.74, 6) is 0.213. The maximum Gasteiger partial charge on any atom is 0.419 e. The summed E-state index contributed by atoms with van der Waals surface area (Å²) < 4.78 is 12.0. The van der Waals surface area contributed by atoms with Crippen LogP contribution in [0.4, 0.5) is 0 Å². The molecule has 1 amide bonds. The zero-order valence-electron chi connectivity index (χ0n) is 16.3. The average molecular weight is 383 g/mol. The number of rotatable bonds is 8. The molecule has 3 rings (SSSR count). The second kappa shape index (κ2) is 8.75. The third kappa shape index (κ3) is 4.43. The Balaban J connectivity index is 1.62. The van der Waals surface area contributed by atoms with E-state index in [1.54, 1.807) is 13.2 Å². The molecule has 0 aliphatic heterocycles. The molecule has 0 unspecified atom stereocenters. The Morgan fingerprint density at radius 1 is 1.21 bits per heavy atom. The molecule has 0 spiro atoms. The van der Waals surface area contributed by atoms with Gasteiger partial charge >= 0.3 is 5.76 Å². The van der Waals surface area contributed by atoms with Crippen LogP contribution >= 0.6 is 0 Å². The number of amides is 1. The van der Waals surface area contributed by atoms with Crippen molar-refractivity contribution in [2.24, 2.45) is 0 Å². The van der Waals surface area contributed by atoms with E-state index in [1.807, 2.05) is 61.5 Å². The number of methoxy groups -OCH3 is 1. The third-order valence-corrected chi connectivity index (χ3v) is 4.73. The van der Waals surface area contributed by atoms with Crippen LogP contribution in [0.5, 0.6) is 5.75 Å². The molecule has 1 N–H and O–H groups in total. The second-order valence-corrected chi connectivity index (χ2v) is 6.80. The van der Waals surface area contributed by atoms with E-state index in [9.17, 15) is 9.59 Å². The number of ether oxygens (including phenoxy) is 1. The van der Waals surface area contributed by atoms with Crippen LogP contribution in [0.1, 0.15) is 18.0 Å². The Kier molecular flexibility index (Phi) is 6.16. The average Bonchev–Trinajstić information content (AvgIpc) is 3.01. The number of hydrogen-bond acceptors (Lipinski definition) is 5. The molecule has 1 aromatic heterocycles. The van der Waals surface area contributed by atoms with Gasteiger partial charge in [-0.15, -0.1) is 0 Å². The normalized spacial score (nSPS) is 12.3. The maximum absolute atomic E-state index is 12.4. The third-order valence-electron chi connectivity index (χ3n) is 4.73. The van der Waals surface area contributed by atoms with Gasteiger partial charge in [-0.05, 0) is 43.9 Å². The first-order valence-electron chi connectivity index (χ1n) is 9.15. The van der Waals surface area contributed by atoms with Crippen LogP contribution in [-0.4, -0.2) is 43.1 Å². The minimum Gasteiger partial charge on any atom is -0.497 e. The number of nitrogens with zero attached hydrogens (tertiary/aromatic N) is 2. The van der Waals surface area contributed by atoms with Crippen molar-refractivity contribution in [3.63, 3.8) is 0 Å². The highest BCUT2D eigenvalue weighted by atomic mass is 16.5. The molecule has 28 heavy (non-hydrogen) atoms. The molecule has 3 aromatic rings. The first kappa shape index (κ1) is 19.7. The Morgan fingerprint density at radius 3 is 2.75 bits per heavy atom. The van der Waals surface area contributed by atoms with Crippen LogP contribution in [0, 0.1) is 0 Å². The summed E-state index contributed by atoms with van der Waals surface area (Å²) in [5, 5.41) is 2.96. The lowest BCUT2D eigenvalue weighted by molar-refractivity contribution is -0.121. The molecule has 148 valence electrons. The molecule has 1 heterocycles. The molecule has 1 atom stereocenters. The molecule has 0 fully saturated rings. The Hall–Kier alpha value is -3.06. The van der Waals surface area contributed by atoms with Crippen molar-refractivity contribution in [2.75, 3.05) is 27.7 Å². The smallest absolute Gasteiger partial charge is 0.419 e. The fourth-order valence-corrected chi connectivity index (χ4v) is 3.19. The minimum atomic E-state index is -0.448. The SMILES string of the molecule is COc1cccc([C@@H](CNC(=O)CCn2c(=O)oc3ccccc32)N(C)C)c1. The lowest BCUT2D eigenvalue weighted by atomic mass is 10.1. The Bertz CT molecular complexity index is 1010. The van der Waals surface area contributed by atoms with Crippen molar-refractivity contribution < 1.29 is 13.9 Å². The highest BCUT2D eigenvalue weighted by Crippen LogP contribution is 2.22. The van der Waals surface area contributed by atoms with Crippen molar-refractivity contribution in [3.05, 3.63) is 64.6 Å². The summed E-state index contributed by atoms with van der Waals surface area (Å²) in [7, 11) is 5.56.